The predicted molar refractivity (Wildman–Crippen MR) is 187 cm³/mol. The Kier molecular flexibility index (Phi) is 10.2. The molecular weight excluding hydrogens is 672 g/mol. The number of carbonyl (C=O) groups is 2. The van der Waals surface area contributed by atoms with E-state index < -0.39 is 23.4 Å². The highest BCUT2D eigenvalue weighted by molar-refractivity contribution is 6.32. The van der Waals surface area contributed by atoms with Crippen molar-refractivity contribution in [2.45, 2.75) is 53.2 Å². The molecular formula is C36H34Cl2FN5O5. The van der Waals surface area contributed by atoms with Gasteiger partial charge in [0.2, 0.25) is 0 Å². The molecule has 0 aliphatic heterocycles. The van der Waals surface area contributed by atoms with Gasteiger partial charge in [0.05, 0.1) is 22.6 Å². The van der Waals surface area contributed by atoms with E-state index in [-0.39, 0.29) is 34.9 Å². The average Bonchev–Trinajstić information content (AvgIpc) is 3.47. The van der Waals surface area contributed by atoms with E-state index in [2.05, 4.69) is 10.6 Å². The number of hydrogen-bond acceptors (Lipinski definition) is 5. The molecule has 3 aromatic carbocycles. The lowest BCUT2D eigenvalue weighted by molar-refractivity contribution is 0.0696. The van der Waals surface area contributed by atoms with Crippen LogP contribution in [0.5, 0.6) is 5.75 Å². The van der Waals surface area contributed by atoms with Crippen LogP contribution < -0.4 is 20.9 Å². The zero-order valence-electron chi connectivity index (χ0n) is 27.4. The number of aromatic nitrogens is 3. The average molecular weight is 707 g/mol. The Hall–Kier alpha value is -5.13. The van der Waals surface area contributed by atoms with Crippen LogP contribution in [0.2, 0.25) is 10.0 Å². The van der Waals surface area contributed by atoms with Crippen LogP contribution in [0.15, 0.2) is 77.6 Å². The standard InChI is InChI=1S/C36H34Cl2FN5O5/c1-20-9-10-22(34(46)47)15-28(20)43-21(2)13-29(32(38)33(43)45)49-19-23-11-12-26(39)14-24(23)18-40-35(48)41-31-17-30(36(3,4)5)42-44(31)27-8-6-7-25(37)16-27/h6-17H,18-19H2,1-5H3,(H,46,47)(H2,40,41,48). The number of halogens is 3. The van der Waals surface area contributed by atoms with E-state index in [1.165, 1.54) is 34.9 Å². The van der Waals surface area contributed by atoms with Crippen LogP contribution in [-0.4, -0.2) is 31.5 Å². The molecule has 0 bridgehead atoms. The minimum absolute atomic E-state index is 0.0240. The lowest BCUT2D eigenvalue weighted by Gasteiger charge is -2.17. The maximum absolute atomic E-state index is 14.4. The molecule has 0 unspecified atom stereocenters. The van der Waals surface area contributed by atoms with Crippen molar-refractivity contribution in [1.29, 1.82) is 0 Å². The molecule has 0 saturated heterocycles. The van der Waals surface area contributed by atoms with Crippen molar-refractivity contribution in [1.82, 2.24) is 19.7 Å². The number of amides is 2. The zero-order valence-corrected chi connectivity index (χ0v) is 28.9. The maximum atomic E-state index is 14.4. The van der Waals surface area contributed by atoms with Crippen molar-refractivity contribution in [2.24, 2.45) is 0 Å². The molecule has 0 fully saturated rings. The second kappa shape index (κ2) is 14.2. The summed E-state index contributed by atoms with van der Waals surface area (Å²) < 4.78 is 23.2. The van der Waals surface area contributed by atoms with Gasteiger partial charge in [-0.2, -0.15) is 5.10 Å². The highest BCUT2D eigenvalue weighted by Gasteiger charge is 2.22. The molecule has 10 nitrogen and oxygen atoms in total. The van der Waals surface area contributed by atoms with Crippen LogP contribution in [0.1, 0.15) is 59.2 Å². The fourth-order valence-corrected chi connectivity index (χ4v) is 5.48. The number of carboxylic acid groups (broad SMARTS) is 1. The largest absolute Gasteiger partial charge is 0.487 e. The number of carboxylic acids is 1. The Morgan fingerprint density at radius 3 is 2.43 bits per heavy atom. The summed E-state index contributed by atoms with van der Waals surface area (Å²) >= 11 is 12.7. The van der Waals surface area contributed by atoms with Crippen LogP contribution in [0.4, 0.5) is 15.0 Å². The minimum atomic E-state index is -1.13. The van der Waals surface area contributed by atoms with Gasteiger partial charge >= 0.3 is 12.0 Å². The van der Waals surface area contributed by atoms with Crippen molar-refractivity contribution in [3.05, 3.63) is 133 Å². The fraction of sp³-hybridized carbons (Fsp3) is 0.222. The lowest BCUT2D eigenvalue weighted by atomic mass is 9.92. The van der Waals surface area contributed by atoms with Gasteiger partial charge in [0.1, 0.15) is 29.0 Å². The first-order valence-electron chi connectivity index (χ1n) is 15.2. The number of rotatable bonds is 9. The number of urea groups is 1. The monoisotopic (exact) mass is 705 g/mol. The van der Waals surface area contributed by atoms with E-state index in [9.17, 15) is 23.9 Å². The van der Waals surface area contributed by atoms with Crippen molar-refractivity contribution in [3.8, 4) is 17.1 Å². The number of hydrogen-bond donors (Lipinski definition) is 3. The first-order valence-corrected chi connectivity index (χ1v) is 16.0. The molecule has 2 heterocycles. The molecule has 49 heavy (non-hydrogen) atoms. The number of nitrogens with zero attached hydrogens (tertiary/aromatic N) is 3. The van der Waals surface area contributed by atoms with Crippen molar-refractivity contribution >= 4 is 41.0 Å². The van der Waals surface area contributed by atoms with Crippen molar-refractivity contribution in [3.63, 3.8) is 0 Å². The van der Waals surface area contributed by atoms with E-state index in [0.29, 0.717) is 44.6 Å². The molecule has 2 amide bonds. The quantitative estimate of drug-likeness (QED) is 0.143. The summed E-state index contributed by atoms with van der Waals surface area (Å²) in [5, 5.41) is 20.0. The van der Waals surface area contributed by atoms with Gasteiger partial charge in [-0.15, -0.1) is 0 Å². The molecule has 13 heteroatoms. The zero-order chi connectivity index (χ0) is 35.6. The smallest absolute Gasteiger partial charge is 0.335 e. The molecule has 0 saturated carbocycles. The van der Waals surface area contributed by atoms with Crippen molar-refractivity contribution in [2.75, 3.05) is 5.32 Å². The second-order valence-electron chi connectivity index (χ2n) is 12.5. The Bertz CT molecular complexity index is 2140. The predicted octanol–water partition coefficient (Wildman–Crippen LogP) is 7.98. The topological polar surface area (TPSA) is 127 Å². The summed E-state index contributed by atoms with van der Waals surface area (Å²) in [6, 6.07) is 18.4. The van der Waals surface area contributed by atoms with Crippen molar-refractivity contribution < 1.29 is 23.8 Å². The summed E-state index contributed by atoms with van der Waals surface area (Å²) in [6.07, 6.45) is 0. The molecule has 0 atom stereocenters. The Balaban J connectivity index is 1.34. The van der Waals surface area contributed by atoms with Crippen LogP contribution in [0.25, 0.3) is 11.4 Å². The minimum Gasteiger partial charge on any atom is -0.487 e. The summed E-state index contributed by atoms with van der Waals surface area (Å²) in [5.74, 6) is -1.13. The van der Waals surface area contributed by atoms with Gasteiger partial charge in [-0.3, -0.25) is 14.7 Å². The number of ether oxygens (including phenoxy) is 1. The van der Waals surface area contributed by atoms with E-state index >= 15 is 0 Å². The number of anilines is 1. The van der Waals surface area contributed by atoms with E-state index in [1.807, 2.05) is 26.8 Å². The normalized spacial score (nSPS) is 11.3. The van der Waals surface area contributed by atoms with Crippen LogP contribution >= 0.6 is 23.2 Å². The van der Waals surface area contributed by atoms with Gasteiger partial charge in [-0.25, -0.2) is 18.7 Å². The first kappa shape index (κ1) is 35.2. The SMILES string of the molecule is Cc1ccc(C(=O)O)cc1-n1c(C)cc(OCc2ccc(F)cc2CNC(=O)Nc2cc(C(C)(C)C)nn2-c2cccc(Cl)c2)c(Cl)c1=O. The molecule has 254 valence electrons. The molecule has 3 N–H and O–H groups in total. The number of carbonyl (C=O) groups excluding carboxylic acids is 1. The number of nitrogens with one attached hydrogen (secondary N) is 2. The molecule has 0 radical (unpaired) electrons. The number of pyridine rings is 1. The van der Waals surface area contributed by atoms with Gasteiger partial charge in [-0.05, 0) is 73.0 Å². The number of aryl methyl sites for hydroxylation is 2. The second-order valence-corrected chi connectivity index (χ2v) is 13.3. The van der Waals surface area contributed by atoms with Crippen LogP contribution in [-0.2, 0) is 18.6 Å². The van der Waals surface area contributed by atoms with Gasteiger partial charge in [-0.1, -0.05) is 62.2 Å². The number of aromatic carboxylic acids is 1. The maximum Gasteiger partial charge on any atom is 0.335 e. The van der Waals surface area contributed by atoms with E-state index in [1.54, 1.807) is 54.9 Å². The highest BCUT2D eigenvalue weighted by atomic mass is 35.5. The van der Waals surface area contributed by atoms with Crippen LogP contribution in [0.3, 0.4) is 0 Å². The van der Waals surface area contributed by atoms with Gasteiger partial charge in [0, 0.05) is 34.8 Å². The van der Waals surface area contributed by atoms with Gasteiger partial charge in [0.25, 0.3) is 5.56 Å². The summed E-state index contributed by atoms with van der Waals surface area (Å²) in [5.41, 5.74) is 3.04. The third-order valence-electron chi connectivity index (χ3n) is 7.76. The molecule has 2 aromatic heterocycles. The molecule has 5 rings (SSSR count). The number of benzene rings is 3. The molecule has 0 spiro atoms. The van der Waals surface area contributed by atoms with E-state index in [0.717, 1.165) is 5.69 Å². The fourth-order valence-electron chi connectivity index (χ4n) is 5.10. The summed E-state index contributed by atoms with van der Waals surface area (Å²) in [7, 11) is 0. The summed E-state index contributed by atoms with van der Waals surface area (Å²) in [6.45, 7) is 9.32. The summed E-state index contributed by atoms with van der Waals surface area (Å²) in [4.78, 5) is 38.0. The Morgan fingerprint density at radius 1 is 0.980 bits per heavy atom. The third kappa shape index (κ3) is 7.96. The Labute approximate surface area is 292 Å². The molecule has 0 aliphatic rings. The van der Waals surface area contributed by atoms with Gasteiger partial charge in [0.15, 0.2) is 0 Å². The highest BCUT2D eigenvalue weighted by Crippen LogP contribution is 2.28. The molecule has 5 aromatic rings. The van der Waals surface area contributed by atoms with Gasteiger partial charge < -0.3 is 15.2 Å². The van der Waals surface area contributed by atoms with E-state index in [4.69, 9.17) is 33.0 Å². The molecule has 0 aliphatic carbocycles. The third-order valence-corrected chi connectivity index (χ3v) is 8.34. The lowest BCUT2D eigenvalue weighted by Crippen LogP contribution is -2.29. The van der Waals surface area contributed by atoms with Crippen LogP contribution in [0, 0.1) is 19.7 Å². The first-order chi connectivity index (χ1) is 23.1. The Morgan fingerprint density at radius 2 is 1.73 bits per heavy atom.